The van der Waals surface area contributed by atoms with Crippen molar-refractivity contribution >= 4 is 23.8 Å². The van der Waals surface area contributed by atoms with Gasteiger partial charge in [-0.25, -0.2) is 0 Å². The zero-order chi connectivity index (χ0) is 10.9. The molecule has 0 fully saturated rings. The number of hydrogen-bond acceptors (Lipinski definition) is 3. The lowest BCUT2D eigenvalue weighted by Crippen LogP contribution is -2.43. The number of aliphatic hydroxyl groups is 1. The Kier molecular flexibility index (Phi) is 4.05. The van der Waals surface area contributed by atoms with Gasteiger partial charge in [-0.15, -0.1) is 12.4 Å². The largest absolute Gasteiger partial charge is 0.389 e. The first-order valence-electron chi connectivity index (χ1n) is 5.36. The Bertz CT molecular complexity index is 349. The molecule has 1 aromatic carbocycles. The van der Waals surface area contributed by atoms with Crippen LogP contribution in [0.15, 0.2) is 24.3 Å². The van der Waals surface area contributed by atoms with E-state index >= 15 is 0 Å². The minimum Gasteiger partial charge on any atom is -0.389 e. The predicted octanol–water partition coefficient (Wildman–Crippen LogP) is 2.11. The fourth-order valence-corrected chi connectivity index (χ4v) is 1.98. The number of anilines is 2. The van der Waals surface area contributed by atoms with E-state index in [0.717, 1.165) is 18.8 Å². The summed E-state index contributed by atoms with van der Waals surface area (Å²) in [6, 6.07) is 8.22. The normalized spacial score (nSPS) is 14.8. The third kappa shape index (κ3) is 3.03. The van der Waals surface area contributed by atoms with Crippen LogP contribution in [-0.2, 0) is 0 Å². The molecule has 0 unspecified atom stereocenters. The lowest BCUT2D eigenvalue weighted by atomic mass is 10.1. The average Bonchev–Trinajstić information content (AvgIpc) is 2.16. The predicted molar refractivity (Wildman–Crippen MR) is 70.7 cm³/mol. The summed E-state index contributed by atoms with van der Waals surface area (Å²) >= 11 is 0. The van der Waals surface area contributed by atoms with E-state index in [-0.39, 0.29) is 12.4 Å². The number of hydrogen-bond donors (Lipinski definition) is 2. The molecule has 1 aromatic rings. The van der Waals surface area contributed by atoms with Gasteiger partial charge in [0.25, 0.3) is 0 Å². The van der Waals surface area contributed by atoms with Crippen LogP contribution in [0.1, 0.15) is 13.8 Å². The molecule has 4 heteroatoms. The molecule has 3 nitrogen and oxygen atoms in total. The van der Waals surface area contributed by atoms with Gasteiger partial charge in [0.2, 0.25) is 0 Å². The quantitative estimate of drug-likeness (QED) is 0.834. The van der Waals surface area contributed by atoms with Gasteiger partial charge in [0, 0.05) is 19.6 Å². The molecule has 90 valence electrons. The number of β-amino-alcohol motifs (C(OH)–C–C–N with tert-alkyl or cyclic N) is 1. The highest BCUT2D eigenvalue weighted by Crippen LogP contribution is 2.29. The van der Waals surface area contributed by atoms with Gasteiger partial charge >= 0.3 is 0 Å². The second-order valence-corrected chi connectivity index (χ2v) is 4.68. The van der Waals surface area contributed by atoms with Crippen LogP contribution >= 0.6 is 12.4 Å². The third-order valence-electron chi connectivity index (χ3n) is 2.52. The number of rotatable bonds is 2. The van der Waals surface area contributed by atoms with Gasteiger partial charge in [-0.3, -0.25) is 0 Å². The molecule has 0 radical (unpaired) electrons. The summed E-state index contributed by atoms with van der Waals surface area (Å²) in [6.07, 6.45) is 0. The van der Waals surface area contributed by atoms with Crippen molar-refractivity contribution in [2.24, 2.45) is 0 Å². The number of fused-ring (bicyclic) bond motifs is 1. The van der Waals surface area contributed by atoms with E-state index in [4.69, 9.17) is 0 Å². The van der Waals surface area contributed by atoms with Gasteiger partial charge < -0.3 is 15.3 Å². The highest BCUT2D eigenvalue weighted by Gasteiger charge is 2.22. The summed E-state index contributed by atoms with van der Waals surface area (Å²) in [7, 11) is 0. The maximum atomic E-state index is 9.83. The smallest absolute Gasteiger partial charge is 0.0765 e. The first-order valence-corrected chi connectivity index (χ1v) is 5.36. The molecule has 0 spiro atoms. The molecule has 0 atom stereocenters. The molecule has 0 aromatic heterocycles. The second-order valence-electron chi connectivity index (χ2n) is 4.68. The third-order valence-corrected chi connectivity index (χ3v) is 2.52. The average molecular weight is 243 g/mol. The summed E-state index contributed by atoms with van der Waals surface area (Å²) in [5.74, 6) is 0. The van der Waals surface area contributed by atoms with Crippen molar-refractivity contribution in [3.05, 3.63) is 24.3 Å². The van der Waals surface area contributed by atoms with Crippen molar-refractivity contribution in [3.63, 3.8) is 0 Å². The van der Waals surface area contributed by atoms with Crippen molar-refractivity contribution < 1.29 is 5.11 Å². The maximum Gasteiger partial charge on any atom is 0.0765 e. The molecule has 0 amide bonds. The first kappa shape index (κ1) is 13.1. The summed E-state index contributed by atoms with van der Waals surface area (Å²) in [4.78, 5) is 2.23. The zero-order valence-electron chi connectivity index (χ0n) is 9.73. The van der Waals surface area contributed by atoms with Crippen LogP contribution in [0.2, 0.25) is 0 Å². The van der Waals surface area contributed by atoms with Crippen LogP contribution < -0.4 is 10.2 Å². The van der Waals surface area contributed by atoms with E-state index in [1.54, 1.807) is 0 Å². The molecular weight excluding hydrogens is 224 g/mol. The highest BCUT2D eigenvalue weighted by molar-refractivity contribution is 5.85. The Hall–Kier alpha value is -0.930. The fraction of sp³-hybridized carbons (Fsp3) is 0.500. The Morgan fingerprint density at radius 2 is 2.06 bits per heavy atom. The molecule has 0 bridgehead atoms. The van der Waals surface area contributed by atoms with Crippen LogP contribution in [0.4, 0.5) is 11.4 Å². The minimum atomic E-state index is -0.648. The molecule has 0 aliphatic carbocycles. The number of benzene rings is 1. The van der Waals surface area contributed by atoms with Gasteiger partial charge in [-0.2, -0.15) is 0 Å². The van der Waals surface area contributed by atoms with E-state index in [9.17, 15) is 5.11 Å². The SMILES string of the molecule is CC(C)(O)CN1CCNc2ccccc21.Cl. The standard InChI is InChI=1S/C12H18N2O.ClH/c1-12(2,15)9-14-8-7-13-10-5-3-4-6-11(10)14;/h3-6,13,15H,7-9H2,1-2H3;1H. The molecule has 1 aliphatic heterocycles. The maximum absolute atomic E-state index is 9.83. The molecule has 16 heavy (non-hydrogen) atoms. The fourth-order valence-electron chi connectivity index (χ4n) is 1.98. The molecular formula is C12H19ClN2O. The van der Waals surface area contributed by atoms with Gasteiger partial charge in [-0.05, 0) is 26.0 Å². The van der Waals surface area contributed by atoms with E-state index < -0.39 is 5.60 Å². The van der Waals surface area contributed by atoms with E-state index in [1.807, 2.05) is 26.0 Å². The van der Waals surface area contributed by atoms with Crippen LogP contribution in [0, 0.1) is 0 Å². The lowest BCUT2D eigenvalue weighted by Gasteiger charge is -2.35. The Labute approximate surface area is 103 Å². The molecule has 1 aliphatic rings. The van der Waals surface area contributed by atoms with Crippen molar-refractivity contribution in [1.82, 2.24) is 0 Å². The van der Waals surface area contributed by atoms with Crippen LogP contribution in [0.5, 0.6) is 0 Å². The van der Waals surface area contributed by atoms with Gasteiger partial charge in [-0.1, -0.05) is 12.1 Å². The molecule has 2 N–H and O–H groups in total. The summed E-state index contributed by atoms with van der Waals surface area (Å²) in [6.45, 7) is 6.25. The highest BCUT2D eigenvalue weighted by atomic mass is 35.5. The topological polar surface area (TPSA) is 35.5 Å². The van der Waals surface area contributed by atoms with Gasteiger partial charge in [0.15, 0.2) is 0 Å². The summed E-state index contributed by atoms with van der Waals surface area (Å²) in [5, 5.41) is 13.2. The van der Waals surface area contributed by atoms with Crippen molar-refractivity contribution in [3.8, 4) is 0 Å². The number of nitrogens with one attached hydrogen (secondary N) is 1. The Balaban J connectivity index is 0.00000128. The van der Waals surface area contributed by atoms with Crippen molar-refractivity contribution in [2.75, 3.05) is 29.9 Å². The van der Waals surface area contributed by atoms with E-state index in [2.05, 4.69) is 22.3 Å². The molecule has 1 heterocycles. The summed E-state index contributed by atoms with van der Waals surface area (Å²) < 4.78 is 0. The van der Waals surface area contributed by atoms with E-state index in [0.29, 0.717) is 6.54 Å². The van der Waals surface area contributed by atoms with Crippen LogP contribution in [0.25, 0.3) is 0 Å². The van der Waals surface area contributed by atoms with Gasteiger partial charge in [0.1, 0.15) is 0 Å². The van der Waals surface area contributed by atoms with E-state index in [1.165, 1.54) is 5.69 Å². The number of nitrogens with zero attached hydrogens (tertiary/aromatic N) is 1. The van der Waals surface area contributed by atoms with Crippen molar-refractivity contribution in [2.45, 2.75) is 19.4 Å². The molecule has 0 saturated carbocycles. The van der Waals surface area contributed by atoms with Crippen LogP contribution in [-0.4, -0.2) is 30.3 Å². The van der Waals surface area contributed by atoms with Gasteiger partial charge in [0.05, 0.1) is 17.0 Å². The number of para-hydroxylation sites is 2. The second kappa shape index (κ2) is 4.93. The molecule has 0 saturated heterocycles. The zero-order valence-corrected chi connectivity index (χ0v) is 10.5. The Morgan fingerprint density at radius 1 is 1.38 bits per heavy atom. The molecule has 2 rings (SSSR count). The lowest BCUT2D eigenvalue weighted by molar-refractivity contribution is 0.0874. The van der Waals surface area contributed by atoms with Crippen LogP contribution in [0.3, 0.4) is 0 Å². The minimum absolute atomic E-state index is 0. The first-order chi connectivity index (χ1) is 7.06. The number of halogens is 1. The van der Waals surface area contributed by atoms with Crippen molar-refractivity contribution in [1.29, 1.82) is 0 Å². The summed E-state index contributed by atoms with van der Waals surface area (Å²) in [5.41, 5.74) is 1.70. The Morgan fingerprint density at radius 3 is 2.75 bits per heavy atom. The monoisotopic (exact) mass is 242 g/mol.